The van der Waals surface area contributed by atoms with Gasteiger partial charge in [0.2, 0.25) is 11.8 Å². The van der Waals surface area contributed by atoms with Crippen molar-refractivity contribution in [3.8, 4) is 11.8 Å². The Morgan fingerprint density at radius 3 is 1.93 bits per heavy atom. The Balaban J connectivity index is 0.000000166. The molecule has 0 aromatic carbocycles. The van der Waals surface area contributed by atoms with Gasteiger partial charge in [-0.1, -0.05) is 22.7 Å². The van der Waals surface area contributed by atoms with E-state index in [2.05, 4.69) is 35.9 Å². The third kappa shape index (κ3) is 4.85. The number of pyridine rings is 2. The standard InChI is InChI=1S/C9H10BrN3OS.C9H11N3OS/c1-13(2)9-11-6-4-5(10)7(14-3)12-8(6)15-9;1-12(2)9-10-6-4-5-7(13-3)11-8(6)14-9/h4H,1-3H3;4-5H,1-3H3. The highest BCUT2D eigenvalue weighted by atomic mass is 79.9. The van der Waals surface area contributed by atoms with Crippen molar-refractivity contribution < 1.29 is 9.47 Å². The molecule has 0 aliphatic carbocycles. The van der Waals surface area contributed by atoms with Crippen LogP contribution in [0.15, 0.2) is 22.7 Å². The van der Waals surface area contributed by atoms with Gasteiger partial charge in [0.05, 0.1) is 18.7 Å². The van der Waals surface area contributed by atoms with Gasteiger partial charge in [0.25, 0.3) is 0 Å². The highest BCUT2D eigenvalue weighted by Crippen LogP contribution is 2.32. The van der Waals surface area contributed by atoms with Gasteiger partial charge >= 0.3 is 0 Å². The minimum absolute atomic E-state index is 0.594. The molecule has 0 aliphatic heterocycles. The molecule has 4 aromatic rings. The van der Waals surface area contributed by atoms with Crippen molar-refractivity contribution in [2.75, 3.05) is 52.2 Å². The molecular weight excluding hydrogens is 476 g/mol. The fourth-order valence-electron chi connectivity index (χ4n) is 2.24. The van der Waals surface area contributed by atoms with Gasteiger partial charge in [0, 0.05) is 34.3 Å². The topological polar surface area (TPSA) is 76.5 Å². The van der Waals surface area contributed by atoms with E-state index < -0.39 is 0 Å². The van der Waals surface area contributed by atoms with Crippen LogP contribution in [0.3, 0.4) is 0 Å². The van der Waals surface area contributed by atoms with E-state index in [9.17, 15) is 0 Å². The van der Waals surface area contributed by atoms with Gasteiger partial charge in [0.15, 0.2) is 10.3 Å². The number of rotatable bonds is 4. The number of halogens is 1. The van der Waals surface area contributed by atoms with E-state index in [1.165, 1.54) is 0 Å². The molecule has 0 N–H and O–H groups in total. The van der Waals surface area contributed by atoms with Crippen LogP contribution in [0.5, 0.6) is 11.8 Å². The molecule has 0 radical (unpaired) electrons. The number of methoxy groups -OCH3 is 2. The number of fused-ring (bicyclic) bond motifs is 2. The summed E-state index contributed by atoms with van der Waals surface area (Å²) in [7, 11) is 11.1. The van der Waals surface area contributed by atoms with Gasteiger partial charge in [-0.2, -0.15) is 4.98 Å². The van der Waals surface area contributed by atoms with Crippen LogP contribution in [-0.4, -0.2) is 62.3 Å². The van der Waals surface area contributed by atoms with E-state index in [0.717, 1.165) is 35.4 Å². The molecule has 0 unspecified atom stereocenters. The van der Waals surface area contributed by atoms with Gasteiger partial charge in [-0.05, 0) is 28.1 Å². The third-order valence-electron chi connectivity index (χ3n) is 3.68. The minimum Gasteiger partial charge on any atom is -0.481 e. The largest absolute Gasteiger partial charge is 0.481 e. The van der Waals surface area contributed by atoms with E-state index in [1.54, 1.807) is 36.9 Å². The number of anilines is 2. The summed E-state index contributed by atoms with van der Waals surface area (Å²) in [6, 6.07) is 5.66. The molecule has 0 aliphatic rings. The first-order valence-electron chi connectivity index (χ1n) is 8.49. The monoisotopic (exact) mass is 496 g/mol. The van der Waals surface area contributed by atoms with Crippen LogP contribution >= 0.6 is 38.6 Å². The van der Waals surface area contributed by atoms with Crippen LogP contribution in [0.25, 0.3) is 20.7 Å². The van der Waals surface area contributed by atoms with Crippen LogP contribution in [0.2, 0.25) is 0 Å². The second-order valence-electron chi connectivity index (χ2n) is 6.26. The molecule has 154 valence electrons. The van der Waals surface area contributed by atoms with Crippen molar-refractivity contribution >= 4 is 69.6 Å². The van der Waals surface area contributed by atoms with Crippen LogP contribution in [0, 0.1) is 0 Å². The van der Waals surface area contributed by atoms with Crippen LogP contribution in [-0.2, 0) is 0 Å². The summed E-state index contributed by atoms with van der Waals surface area (Å²) in [6.45, 7) is 0. The van der Waals surface area contributed by atoms with Crippen molar-refractivity contribution in [2.24, 2.45) is 0 Å². The van der Waals surface area contributed by atoms with Crippen molar-refractivity contribution in [3.05, 3.63) is 22.7 Å². The first kappa shape index (κ1) is 21.5. The van der Waals surface area contributed by atoms with E-state index in [-0.39, 0.29) is 0 Å². The zero-order valence-electron chi connectivity index (χ0n) is 16.9. The minimum atomic E-state index is 0.594. The Morgan fingerprint density at radius 1 is 0.793 bits per heavy atom. The summed E-state index contributed by atoms with van der Waals surface area (Å²) < 4.78 is 11.0. The van der Waals surface area contributed by atoms with Crippen LogP contribution in [0.1, 0.15) is 0 Å². The molecule has 8 nitrogen and oxygen atoms in total. The highest BCUT2D eigenvalue weighted by Gasteiger charge is 2.11. The summed E-state index contributed by atoms with van der Waals surface area (Å²) in [5, 5.41) is 1.90. The lowest BCUT2D eigenvalue weighted by Crippen LogP contribution is -2.07. The lowest BCUT2D eigenvalue weighted by atomic mass is 10.4. The Kier molecular flexibility index (Phi) is 6.70. The second kappa shape index (κ2) is 9.06. The van der Waals surface area contributed by atoms with E-state index in [4.69, 9.17) is 9.47 Å². The molecule has 0 spiro atoms. The summed E-state index contributed by atoms with van der Waals surface area (Å²) in [6.07, 6.45) is 0. The number of thiazole rings is 2. The fourth-order valence-corrected chi connectivity index (χ4v) is 4.40. The van der Waals surface area contributed by atoms with Gasteiger partial charge in [-0.15, -0.1) is 0 Å². The maximum Gasteiger partial charge on any atom is 0.229 e. The van der Waals surface area contributed by atoms with Crippen molar-refractivity contribution in [3.63, 3.8) is 0 Å². The Hall–Kier alpha value is -2.24. The predicted octanol–water partition coefficient (Wildman–Crippen LogP) is 4.29. The molecule has 0 saturated heterocycles. The molecule has 0 atom stereocenters. The fraction of sp³-hybridized carbons (Fsp3) is 0.333. The molecule has 0 fully saturated rings. The summed E-state index contributed by atoms with van der Waals surface area (Å²) in [4.78, 5) is 23.3. The normalized spacial score (nSPS) is 10.6. The van der Waals surface area contributed by atoms with Crippen molar-refractivity contribution in [2.45, 2.75) is 0 Å². The van der Waals surface area contributed by atoms with E-state index in [1.807, 2.05) is 56.2 Å². The molecule has 0 saturated carbocycles. The van der Waals surface area contributed by atoms with Crippen LogP contribution < -0.4 is 19.3 Å². The average Bonchev–Trinajstić information content (AvgIpc) is 3.30. The lowest BCUT2D eigenvalue weighted by molar-refractivity contribution is 0.397. The molecular formula is C18H21BrN6O2S2. The lowest BCUT2D eigenvalue weighted by Gasteiger charge is -2.04. The van der Waals surface area contributed by atoms with Crippen molar-refractivity contribution in [1.29, 1.82) is 0 Å². The Morgan fingerprint density at radius 2 is 1.38 bits per heavy atom. The Bertz CT molecular complexity index is 1130. The zero-order chi connectivity index (χ0) is 21.1. The maximum atomic E-state index is 5.13. The molecule has 11 heteroatoms. The number of nitrogens with zero attached hydrogens (tertiary/aromatic N) is 6. The maximum absolute atomic E-state index is 5.13. The number of ether oxygens (including phenoxy) is 2. The molecule has 0 amide bonds. The SMILES string of the molecule is COc1ccc2nc(N(C)C)sc2n1.COc1nc2sc(N(C)C)nc2cc1Br. The van der Waals surface area contributed by atoms with E-state index in [0.29, 0.717) is 11.8 Å². The summed E-state index contributed by atoms with van der Waals surface area (Å²) >= 11 is 6.49. The van der Waals surface area contributed by atoms with Gasteiger partial charge < -0.3 is 19.3 Å². The summed E-state index contributed by atoms with van der Waals surface area (Å²) in [5.74, 6) is 1.22. The van der Waals surface area contributed by atoms with Gasteiger partial charge in [-0.3, -0.25) is 0 Å². The molecule has 4 heterocycles. The number of hydrogen-bond acceptors (Lipinski definition) is 10. The first-order valence-corrected chi connectivity index (χ1v) is 10.9. The highest BCUT2D eigenvalue weighted by molar-refractivity contribution is 9.10. The quantitative estimate of drug-likeness (QED) is 0.413. The number of hydrogen-bond donors (Lipinski definition) is 0. The van der Waals surface area contributed by atoms with Crippen LogP contribution in [0.4, 0.5) is 10.3 Å². The summed E-state index contributed by atoms with van der Waals surface area (Å²) in [5.41, 5.74) is 1.80. The molecule has 4 rings (SSSR count). The van der Waals surface area contributed by atoms with Crippen molar-refractivity contribution in [1.82, 2.24) is 19.9 Å². The molecule has 4 aromatic heterocycles. The van der Waals surface area contributed by atoms with Gasteiger partial charge in [-0.25, -0.2) is 15.0 Å². The predicted molar refractivity (Wildman–Crippen MR) is 124 cm³/mol. The molecule has 29 heavy (non-hydrogen) atoms. The first-order chi connectivity index (χ1) is 13.8. The third-order valence-corrected chi connectivity index (χ3v) is 6.51. The zero-order valence-corrected chi connectivity index (χ0v) is 20.1. The number of aromatic nitrogens is 4. The Labute approximate surface area is 185 Å². The molecule has 0 bridgehead atoms. The van der Waals surface area contributed by atoms with Gasteiger partial charge in [0.1, 0.15) is 20.7 Å². The van der Waals surface area contributed by atoms with E-state index >= 15 is 0 Å². The smallest absolute Gasteiger partial charge is 0.229 e. The second-order valence-corrected chi connectivity index (χ2v) is 9.03. The average molecular weight is 497 g/mol.